The minimum Gasteiger partial charge on any atom is -0.102 e. The molecule has 0 rings (SSSR count). The Morgan fingerprint density at radius 1 is 0.786 bits per heavy atom. The van der Waals surface area contributed by atoms with Crippen molar-refractivity contribution in [2.75, 3.05) is 0 Å². The van der Waals surface area contributed by atoms with E-state index in [0.29, 0.717) is 6.42 Å². The molecule has 0 spiro atoms. The maximum absolute atomic E-state index is 6.13. The summed E-state index contributed by atoms with van der Waals surface area (Å²) in [6.07, 6.45) is 4.92. The van der Waals surface area contributed by atoms with Gasteiger partial charge in [-0.3, -0.25) is 0 Å². The van der Waals surface area contributed by atoms with Crippen molar-refractivity contribution >= 4 is 46.4 Å². The predicted octanol–water partition coefficient (Wildman–Crippen LogP) is 5.71. The van der Waals surface area contributed by atoms with E-state index in [4.69, 9.17) is 46.4 Å². The summed E-state index contributed by atoms with van der Waals surface area (Å²) in [5.41, 5.74) is 0. The van der Waals surface area contributed by atoms with Gasteiger partial charge in [0.05, 0.1) is 0 Å². The highest BCUT2D eigenvalue weighted by molar-refractivity contribution is 6.52. The molecule has 0 saturated heterocycles. The van der Waals surface area contributed by atoms with Gasteiger partial charge in [0.15, 0.2) is 0 Å². The maximum atomic E-state index is 6.13. The van der Waals surface area contributed by atoms with Gasteiger partial charge in [-0.05, 0) is 12.8 Å². The van der Waals surface area contributed by atoms with Crippen molar-refractivity contribution in [3.63, 3.8) is 0 Å². The molecule has 0 aromatic heterocycles. The molecule has 0 atom stereocenters. The van der Waals surface area contributed by atoms with E-state index in [1.54, 1.807) is 0 Å². The molecule has 86 valence electrons. The second-order valence-electron chi connectivity index (χ2n) is 3.74. The zero-order valence-corrected chi connectivity index (χ0v) is 11.8. The molecule has 0 bridgehead atoms. The maximum Gasteiger partial charge on any atom is 0.121 e. The summed E-state index contributed by atoms with van der Waals surface area (Å²) in [7, 11) is 0. The molecule has 14 heavy (non-hydrogen) atoms. The second-order valence-corrected chi connectivity index (χ2v) is 7.02. The topological polar surface area (TPSA) is 0 Å². The molecule has 0 aromatic carbocycles. The van der Waals surface area contributed by atoms with Crippen LogP contribution in [0.1, 0.15) is 52.4 Å². The van der Waals surface area contributed by atoms with Gasteiger partial charge in [0.25, 0.3) is 0 Å². The molecule has 0 saturated carbocycles. The summed E-state index contributed by atoms with van der Waals surface area (Å²) in [5.74, 6) is 0. The number of halogens is 4. The van der Waals surface area contributed by atoms with E-state index in [2.05, 4.69) is 6.92 Å². The van der Waals surface area contributed by atoms with Crippen LogP contribution in [0.15, 0.2) is 0 Å². The normalized spacial score (nSPS) is 13.3. The summed E-state index contributed by atoms with van der Waals surface area (Å²) in [4.78, 5) is 0. The average Bonchev–Trinajstić information content (AvgIpc) is 1.98. The van der Waals surface area contributed by atoms with Crippen LogP contribution in [-0.2, 0) is 0 Å². The lowest BCUT2D eigenvalue weighted by molar-refractivity contribution is 0.533. The summed E-state index contributed by atoms with van der Waals surface area (Å²) in [5, 5.41) is 0. The fourth-order valence-electron chi connectivity index (χ4n) is 1.36. The molecule has 4 heteroatoms. The highest BCUT2D eigenvalue weighted by Crippen LogP contribution is 2.42. The van der Waals surface area contributed by atoms with Gasteiger partial charge in [0, 0.05) is 6.42 Å². The number of hydrogen-bond acceptors (Lipinski definition) is 0. The van der Waals surface area contributed by atoms with Crippen LogP contribution in [0.5, 0.6) is 0 Å². The first-order valence-corrected chi connectivity index (χ1v) is 6.60. The highest BCUT2D eigenvalue weighted by Gasteiger charge is 2.35. The first-order chi connectivity index (χ1) is 6.33. The van der Waals surface area contributed by atoms with Crippen LogP contribution in [0.3, 0.4) is 0 Å². The Hall–Kier alpha value is 1.16. The molecule has 0 aliphatic rings. The van der Waals surface area contributed by atoms with E-state index in [0.717, 1.165) is 32.1 Å². The van der Waals surface area contributed by atoms with Crippen molar-refractivity contribution in [2.45, 2.75) is 61.0 Å². The zero-order chi connectivity index (χ0) is 11.2. The standard InChI is InChI=1S/C10H18Cl4/c1-3-5-7-10(13,14)8-9(11,12)6-4-2/h3-8H2,1-2H3. The second kappa shape index (κ2) is 6.68. The Morgan fingerprint density at radius 2 is 1.29 bits per heavy atom. The van der Waals surface area contributed by atoms with E-state index >= 15 is 0 Å². The predicted molar refractivity (Wildman–Crippen MR) is 67.9 cm³/mol. The number of alkyl halides is 4. The Kier molecular flexibility index (Phi) is 7.23. The third-order valence-electron chi connectivity index (χ3n) is 2.03. The highest BCUT2D eigenvalue weighted by atomic mass is 35.5. The lowest BCUT2D eigenvalue weighted by atomic mass is 10.1. The van der Waals surface area contributed by atoms with Gasteiger partial charge in [-0.25, -0.2) is 0 Å². The molecular weight excluding hydrogens is 262 g/mol. The van der Waals surface area contributed by atoms with Gasteiger partial charge < -0.3 is 0 Å². The minimum atomic E-state index is -0.786. The van der Waals surface area contributed by atoms with E-state index in [-0.39, 0.29) is 0 Å². The summed E-state index contributed by atoms with van der Waals surface area (Å²) in [6.45, 7) is 4.14. The lowest BCUT2D eigenvalue weighted by Crippen LogP contribution is -2.25. The first-order valence-electron chi connectivity index (χ1n) is 5.08. The van der Waals surface area contributed by atoms with Crippen LogP contribution in [0.25, 0.3) is 0 Å². The van der Waals surface area contributed by atoms with Crippen molar-refractivity contribution in [1.29, 1.82) is 0 Å². The van der Waals surface area contributed by atoms with Crippen molar-refractivity contribution < 1.29 is 0 Å². The van der Waals surface area contributed by atoms with Crippen LogP contribution in [0, 0.1) is 0 Å². The summed E-state index contributed by atoms with van der Waals surface area (Å²) >= 11 is 24.5. The number of hydrogen-bond donors (Lipinski definition) is 0. The third-order valence-corrected chi connectivity index (χ3v) is 3.32. The molecule has 0 amide bonds. The third kappa shape index (κ3) is 7.45. The van der Waals surface area contributed by atoms with Crippen LogP contribution < -0.4 is 0 Å². The molecule has 0 aliphatic carbocycles. The van der Waals surface area contributed by atoms with Gasteiger partial charge in [0.2, 0.25) is 0 Å². The Bertz CT molecular complexity index is 154. The zero-order valence-electron chi connectivity index (χ0n) is 8.75. The molecule has 0 fully saturated rings. The fourth-order valence-corrected chi connectivity index (χ4v) is 3.19. The smallest absolute Gasteiger partial charge is 0.102 e. The monoisotopic (exact) mass is 278 g/mol. The molecule has 0 unspecified atom stereocenters. The number of unbranched alkanes of at least 4 members (excludes halogenated alkanes) is 1. The van der Waals surface area contributed by atoms with Crippen LogP contribution in [0.4, 0.5) is 0 Å². The largest absolute Gasteiger partial charge is 0.121 e. The van der Waals surface area contributed by atoms with E-state index < -0.39 is 8.67 Å². The molecule has 0 heterocycles. The molecule has 0 aromatic rings. The van der Waals surface area contributed by atoms with E-state index in [1.165, 1.54) is 0 Å². The molecular formula is C10H18Cl4. The molecule has 0 N–H and O–H groups in total. The van der Waals surface area contributed by atoms with Gasteiger partial charge in [-0.15, -0.1) is 46.4 Å². The Morgan fingerprint density at radius 3 is 1.71 bits per heavy atom. The van der Waals surface area contributed by atoms with Crippen molar-refractivity contribution in [2.24, 2.45) is 0 Å². The van der Waals surface area contributed by atoms with E-state index in [9.17, 15) is 0 Å². The molecule has 0 radical (unpaired) electrons. The van der Waals surface area contributed by atoms with Crippen LogP contribution in [-0.4, -0.2) is 8.67 Å². The minimum absolute atomic E-state index is 0.431. The fraction of sp³-hybridized carbons (Fsp3) is 1.00. The van der Waals surface area contributed by atoms with Crippen LogP contribution in [0.2, 0.25) is 0 Å². The SMILES string of the molecule is CCCCC(Cl)(Cl)CC(Cl)(Cl)CCC. The van der Waals surface area contributed by atoms with Gasteiger partial charge in [-0.1, -0.05) is 33.1 Å². The van der Waals surface area contributed by atoms with Gasteiger partial charge in [0.1, 0.15) is 8.67 Å². The lowest BCUT2D eigenvalue weighted by Gasteiger charge is -2.27. The van der Waals surface area contributed by atoms with Crippen LogP contribution >= 0.6 is 46.4 Å². The molecule has 0 nitrogen and oxygen atoms in total. The van der Waals surface area contributed by atoms with Crippen molar-refractivity contribution in [1.82, 2.24) is 0 Å². The van der Waals surface area contributed by atoms with Crippen molar-refractivity contribution in [3.05, 3.63) is 0 Å². The number of rotatable bonds is 7. The van der Waals surface area contributed by atoms with Gasteiger partial charge in [-0.2, -0.15) is 0 Å². The Balaban J connectivity index is 4.05. The van der Waals surface area contributed by atoms with E-state index in [1.807, 2.05) is 6.92 Å². The molecule has 0 aliphatic heterocycles. The summed E-state index contributed by atoms with van der Waals surface area (Å²) in [6, 6.07) is 0. The van der Waals surface area contributed by atoms with Crippen molar-refractivity contribution in [3.8, 4) is 0 Å². The first kappa shape index (κ1) is 15.2. The quantitative estimate of drug-likeness (QED) is 0.523. The average molecular weight is 280 g/mol. The Labute approximate surface area is 107 Å². The summed E-state index contributed by atoms with van der Waals surface area (Å²) < 4.78 is -1.57. The van der Waals surface area contributed by atoms with Gasteiger partial charge >= 0.3 is 0 Å².